The van der Waals surface area contributed by atoms with Gasteiger partial charge in [0.05, 0.1) is 6.42 Å². The van der Waals surface area contributed by atoms with Gasteiger partial charge in [-0.3, -0.25) is 9.69 Å². The average Bonchev–Trinajstić information content (AvgIpc) is 2.53. The summed E-state index contributed by atoms with van der Waals surface area (Å²) in [4.78, 5) is 20.6. The van der Waals surface area contributed by atoms with E-state index in [2.05, 4.69) is 21.7 Å². The molecule has 6 heteroatoms. The summed E-state index contributed by atoms with van der Waals surface area (Å²) in [6.45, 7) is 2.91. The Morgan fingerprint density at radius 3 is 2.94 bits per heavy atom. The van der Waals surface area contributed by atoms with Gasteiger partial charge in [-0.15, -0.1) is 0 Å². The third-order valence-corrected chi connectivity index (χ3v) is 4.04. The molecule has 17 heavy (non-hydrogen) atoms. The van der Waals surface area contributed by atoms with Crippen LogP contribution in [0.2, 0.25) is 0 Å². The molecule has 0 saturated carbocycles. The van der Waals surface area contributed by atoms with Gasteiger partial charge < -0.3 is 9.74 Å². The van der Waals surface area contributed by atoms with E-state index in [1.807, 2.05) is 5.59 Å². The number of rotatable bonds is 4. The summed E-state index contributed by atoms with van der Waals surface area (Å²) in [6, 6.07) is 1.40. The van der Waals surface area contributed by atoms with Gasteiger partial charge in [-0.25, -0.2) is 5.84 Å². The van der Waals surface area contributed by atoms with Gasteiger partial charge in [0.25, 0.3) is 0 Å². The van der Waals surface area contributed by atoms with Gasteiger partial charge in [0.1, 0.15) is 0 Å². The standard InChI is InChI=1S/C11H22N4O2/c1-14-9-2-3-10(14)8-15(6-4-9)7-5-11(16)17-13-12/h9-10,13H,2-8,12H2,1H3. The average molecular weight is 242 g/mol. The van der Waals surface area contributed by atoms with Crippen molar-refractivity contribution >= 4 is 5.97 Å². The van der Waals surface area contributed by atoms with Crippen LogP contribution in [0.3, 0.4) is 0 Å². The summed E-state index contributed by atoms with van der Waals surface area (Å²) in [5.41, 5.74) is 1.93. The molecule has 0 radical (unpaired) electrons. The van der Waals surface area contributed by atoms with Gasteiger partial charge in [0.15, 0.2) is 0 Å². The molecule has 0 amide bonds. The third kappa shape index (κ3) is 3.16. The number of nitrogens with one attached hydrogen (secondary N) is 1. The van der Waals surface area contributed by atoms with Gasteiger partial charge >= 0.3 is 5.97 Å². The van der Waals surface area contributed by atoms with Crippen molar-refractivity contribution in [2.75, 3.05) is 26.7 Å². The molecule has 0 aliphatic carbocycles. The first kappa shape index (κ1) is 12.8. The zero-order valence-corrected chi connectivity index (χ0v) is 10.4. The van der Waals surface area contributed by atoms with Crippen LogP contribution in [0.5, 0.6) is 0 Å². The quantitative estimate of drug-likeness (QED) is 0.510. The zero-order valence-electron chi connectivity index (χ0n) is 10.4. The Morgan fingerprint density at radius 1 is 1.41 bits per heavy atom. The normalized spacial score (nSPS) is 30.2. The Balaban J connectivity index is 1.77. The van der Waals surface area contributed by atoms with Crippen LogP contribution in [0.25, 0.3) is 0 Å². The van der Waals surface area contributed by atoms with E-state index in [0.717, 1.165) is 25.7 Å². The maximum atomic E-state index is 11.2. The molecule has 98 valence electrons. The first-order valence-corrected chi connectivity index (χ1v) is 6.30. The van der Waals surface area contributed by atoms with Crippen LogP contribution >= 0.6 is 0 Å². The Labute approximate surface area is 102 Å². The van der Waals surface area contributed by atoms with Crippen molar-refractivity contribution < 1.29 is 9.63 Å². The third-order valence-electron chi connectivity index (χ3n) is 4.04. The van der Waals surface area contributed by atoms with Crippen molar-refractivity contribution in [1.82, 2.24) is 15.4 Å². The van der Waals surface area contributed by atoms with Gasteiger partial charge in [0.2, 0.25) is 0 Å². The summed E-state index contributed by atoms with van der Waals surface area (Å²) in [5, 5.41) is 0. The number of fused-ring (bicyclic) bond motifs is 2. The molecule has 2 saturated heterocycles. The number of carbonyl (C=O) groups is 1. The predicted molar refractivity (Wildman–Crippen MR) is 63.7 cm³/mol. The molecule has 2 heterocycles. The molecule has 2 fully saturated rings. The van der Waals surface area contributed by atoms with Crippen molar-refractivity contribution in [3.63, 3.8) is 0 Å². The Kier molecular flexibility index (Phi) is 4.33. The fraction of sp³-hybridized carbons (Fsp3) is 0.909. The van der Waals surface area contributed by atoms with Crippen LogP contribution in [-0.4, -0.2) is 54.5 Å². The molecule has 0 aromatic heterocycles. The lowest BCUT2D eigenvalue weighted by Crippen LogP contribution is -2.38. The predicted octanol–water partition coefficient (Wildman–Crippen LogP) is -0.533. The second-order valence-electron chi connectivity index (χ2n) is 4.98. The van der Waals surface area contributed by atoms with Crippen LogP contribution in [0.4, 0.5) is 0 Å². The number of nitrogens with zero attached hydrogens (tertiary/aromatic N) is 2. The lowest BCUT2D eigenvalue weighted by atomic mass is 10.1. The van der Waals surface area contributed by atoms with Gasteiger partial charge in [-0.1, -0.05) is 5.59 Å². The van der Waals surface area contributed by atoms with Gasteiger partial charge in [0, 0.05) is 25.2 Å². The first-order valence-electron chi connectivity index (χ1n) is 6.30. The lowest BCUT2D eigenvalue weighted by Gasteiger charge is -2.25. The van der Waals surface area contributed by atoms with Crippen molar-refractivity contribution in [2.24, 2.45) is 5.84 Å². The fourth-order valence-electron chi connectivity index (χ4n) is 2.95. The minimum atomic E-state index is -0.296. The van der Waals surface area contributed by atoms with E-state index in [1.165, 1.54) is 19.3 Å². The maximum Gasteiger partial charge on any atom is 0.327 e. The molecule has 2 aliphatic rings. The van der Waals surface area contributed by atoms with Crippen molar-refractivity contribution in [3.05, 3.63) is 0 Å². The van der Waals surface area contributed by atoms with Crippen molar-refractivity contribution in [2.45, 2.75) is 37.8 Å². The number of likely N-dealkylation sites (N-methyl/N-ethyl adjacent to an activating group) is 1. The Bertz CT molecular complexity index is 274. The molecule has 2 bridgehead atoms. The molecule has 2 rings (SSSR count). The largest absolute Gasteiger partial charge is 0.356 e. The summed E-state index contributed by atoms with van der Waals surface area (Å²) in [5.74, 6) is 4.62. The van der Waals surface area contributed by atoms with E-state index in [4.69, 9.17) is 5.84 Å². The van der Waals surface area contributed by atoms with E-state index in [9.17, 15) is 4.79 Å². The van der Waals surface area contributed by atoms with E-state index < -0.39 is 0 Å². The Morgan fingerprint density at radius 2 is 2.18 bits per heavy atom. The summed E-state index contributed by atoms with van der Waals surface area (Å²) < 4.78 is 0. The maximum absolute atomic E-state index is 11.2. The molecular weight excluding hydrogens is 220 g/mol. The number of hydrogen-bond donors (Lipinski definition) is 2. The van der Waals surface area contributed by atoms with Crippen molar-refractivity contribution in [1.29, 1.82) is 0 Å². The minimum Gasteiger partial charge on any atom is -0.356 e. The lowest BCUT2D eigenvalue weighted by molar-refractivity contribution is -0.151. The highest BCUT2D eigenvalue weighted by atomic mass is 16.7. The van der Waals surface area contributed by atoms with Crippen LogP contribution in [0, 0.1) is 0 Å². The van der Waals surface area contributed by atoms with Crippen LogP contribution in [-0.2, 0) is 9.63 Å². The van der Waals surface area contributed by atoms with Gasteiger partial charge in [-0.05, 0) is 32.9 Å². The highest BCUT2D eigenvalue weighted by Gasteiger charge is 2.34. The van der Waals surface area contributed by atoms with Crippen LogP contribution < -0.4 is 11.4 Å². The number of likely N-dealkylation sites (tertiary alicyclic amines) is 1. The van der Waals surface area contributed by atoms with Crippen LogP contribution in [0.1, 0.15) is 25.7 Å². The second kappa shape index (κ2) is 5.77. The van der Waals surface area contributed by atoms with E-state index in [-0.39, 0.29) is 5.97 Å². The van der Waals surface area contributed by atoms with E-state index in [1.54, 1.807) is 0 Å². The molecule has 0 spiro atoms. The second-order valence-corrected chi connectivity index (χ2v) is 4.98. The molecule has 3 N–H and O–H groups in total. The molecule has 2 aliphatic heterocycles. The summed E-state index contributed by atoms with van der Waals surface area (Å²) in [6.07, 6.45) is 4.21. The number of hydrogen-bond acceptors (Lipinski definition) is 6. The molecule has 0 aromatic carbocycles. The molecule has 0 aromatic rings. The number of nitrogens with two attached hydrogens (primary N) is 1. The highest BCUT2D eigenvalue weighted by molar-refractivity contribution is 5.69. The molecular formula is C11H22N4O2. The fourth-order valence-corrected chi connectivity index (χ4v) is 2.95. The number of carbonyl (C=O) groups excluding carboxylic acids is 1. The smallest absolute Gasteiger partial charge is 0.327 e. The van der Waals surface area contributed by atoms with Gasteiger partial charge in [-0.2, -0.15) is 0 Å². The Hall–Kier alpha value is -0.690. The first-order chi connectivity index (χ1) is 8.20. The minimum absolute atomic E-state index is 0.296. The highest BCUT2D eigenvalue weighted by Crippen LogP contribution is 2.28. The van der Waals surface area contributed by atoms with E-state index in [0.29, 0.717) is 12.5 Å². The summed E-state index contributed by atoms with van der Waals surface area (Å²) in [7, 11) is 2.22. The monoisotopic (exact) mass is 242 g/mol. The summed E-state index contributed by atoms with van der Waals surface area (Å²) >= 11 is 0. The molecule has 2 atom stereocenters. The topological polar surface area (TPSA) is 70.8 Å². The molecule has 2 unspecified atom stereocenters. The SMILES string of the molecule is CN1C2CCC1CN(CCC(=O)ONN)CC2. The molecule has 6 nitrogen and oxygen atoms in total. The number of hydrazine groups is 1. The van der Waals surface area contributed by atoms with E-state index >= 15 is 0 Å². The van der Waals surface area contributed by atoms with Crippen molar-refractivity contribution in [3.8, 4) is 0 Å². The van der Waals surface area contributed by atoms with Crippen LogP contribution in [0.15, 0.2) is 0 Å². The zero-order chi connectivity index (χ0) is 12.3.